The molecule has 3 nitrogen and oxygen atoms in total. The molecule has 5 atom stereocenters. The average Bonchev–Trinajstić information content (AvgIpc) is 2.75. The van der Waals surface area contributed by atoms with Crippen molar-refractivity contribution in [3.63, 3.8) is 0 Å². The first kappa shape index (κ1) is 10.1. The van der Waals surface area contributed by atoms with Crippen molar-refractivity contribution in [1.82, 2.24) is 0 Å². The van der Waals surface area contributed by atoms with Crippen molar-refractivity contribution >= 4 is 11.9 Å². The van der Waals surface area contributed by atoms with Gasteiger partial charge in [0.15, 0.2) is 0 Å². The number of allylic oxidation sites excluding steroid dienone is 2. The van der Waals surface area contributed by atoms with Gasteiger partial charge in [-0.15, -0.1) is 0 Å². The summed E-state index contributed by atoms with van der Waals surface area (Å²) < 4.78 is 4.77. The smallest absolute Gasteiger partial charge is 0.318 e. The van der Waals surface area contributed by atoms with Gasteiger partial charge in [-0.2, -0.15) is 0 Å². The highest BCUT2D eigenvalue weighted by Gasteiger charge is 2.64. The van der Waals surface area contributed by atoms with Gasteiger partial charge in [0.2, 0.25) is 0 Å². The van der Waals surface area contributed by atoms with Crippen molar-refractivity contribution < 1.29 is 14.3 Å². The predicted octanol–water partition coefficient (Wildman–Crippen LogP) is 1.78. The standard InChI is InChI=1S/C13H16O3/c1-5(2)8-7-4-6(3)9(8)11-10(7)12(14)16-13(11)15/h4-5,7-11H,1-3H3/t7-,8?,9+,10-,11+/m0/s1. The van der Waals surface area contributed by atoms with E-state index in [1.54, 1.807) is 0 Å². The van der Waals surface area contributed by atoms with E-state index >= 15 is 0 Å². The highest BCUT2D eigenvalue weighted by Crippen LogP contribution is 2.60. The SMILES string of the molecule is CC1=C[C@H]2C(C(C)C)[C@@H]1[C@H]1C(=O)OC(=O)[C@H]12. The Morgan fingerprint density at radius 2 is 1.75 bits per heavy atom. The largest absolute Gasteiger partial charge is 0.393 e. The van der Waals surface area contributed by atoms with Gasteiger partial charge in [0.25, 0.3) is 0 Å². The number of ether oxygens (including phenoxy) is 1. The number of hydrogen-bond acceptors (Lipinski definition) is 3. The number of hydrogen-bond donors (Lipinski definition) is 0. The molecule has 0 amide bonds. The second-order valence-corrected chi connectivity index (χ2v) is 5.63. The zero-order valence-corrected chi connectivity index (χ0v) is 9.77. The lowest BCUT2D eigenvalue weighted by Gasteiger charge is -2.23. The van der Waals surface area contributed by atoms with Crippen molar-refractivity contribution in [3.05, 3.63) is 11.6 Å². The maximum absolute atomic E-state index is 11.7. The number of fused-ring (bicyclic) bond motifs is 5. The lowest BCUT2D eigenvalue weighted by atomic mass is 9.80. The van der Waals surface area contributed by atoms with E-state index in [0.29, 0.717) is 11.8 Å². The van der Waals surface area contributed by atoms with Crippen molar-refractivity contribution in [2.45, 2.75) is 20.8 Å². The normalized spacial score (nSPS) is 45.0. The summed E-state index contributed by atoms with van der Waals surface area (Å²) in [6.07, 6.45) is 2.19. The Bertz CT molecular complexity index is 407. The van der Waals surface area contributed by atoms with Crippen LogP contribution >= 0.6 is 0 Å². The first-order chi connectivity index (χ1) is 7.52. The summed E-state index contributed by atoms with van der Waals surface area (Å²) in [6.45, 7) is 6.42. The molecule has 1 saturated heterocycles. The molecular formula is C13H16O3. The summed E-state index contributed by atoms with van der Waals surface area (Å²) in [5, 5.41) is 0. The van der Waals surface area contributed by atoms with Gasteiger partial charge in [0.1, 0.15) is 0 Å². The minimum atomic E-state index is -0.295. The number of esters is 2. The molecule has 2 bridgehead atoms. The lowest BCUT2D eigenvalue weighted by molar-refractivity contribution is -0.155. The van der Waals surface area contributed by atoms with Crippen molar-refractivity contribution in [1.29, 1.82) is 0 Å². The summed E-state index contributed by atoms with van der Waals surface area (Å²) in [7, 11) is 0. The van der Waals surface area contributed by atoms with Crippen LogP contribution in [0.5, 0.6) is 0 Å². The molecule has 3 aliphatic rings. The van der Waals surface area contributed by atoms with Crippen LogP contribution in [0.2, 0.25) is 0 Å². The Labute approximate surface area is 94.8 Å². The van der Waals surface area contributed by atoms with Crippen molar-refractivity contribution in [3.8, 4) is 0 Å². The van der Waals surface area contributed by atoms with E-state index in [9.17, 15) is 9.59 Å². The molecule has 1 heterocycles. The highest BCUT2D eigenvalue weighted by molar-refractivity contribution is 5.98. The number of carbonyl (C=O) groups excluding carboxylic acids is 2. The molecule has 86 valence electrons. The monoisotopic (exact) mass is 220 g/mol. The zero-order valence-electron chi connectivity index (χ0n) is 9.77. The minimum absolute atomic E-state index is 0.185. The molecule has 2 fully saturated rings. The van der Waals surface area contributed by atoms with E-state index in [4.69, 9.17) is 4.74 Å². The Morgan fingerprint density at radius 3 is 2.38 bits per heavy atom. The third-order valence-corrected chi connectivity index (χ3v) is 4.54. The van der Waals surface area contributed by atoms with Gasteiger partial charge in [-0.05, 0) is 30.6 Å². The Kier molecular flexibility index (Phi) is 1.86. The van der Waals surface area contributed by atoms with Crippen molar-refractivity contribution in [2.75, 3.05) is 0 Å². The summed E-state index contributed by atoms with van der Waals surface area (Å²) in [6, 6.07) is 0. The minimum Gasteiger partial charge on any atom is -0.393 e. The quantitative estimate of drug-likeness (QED) is 0.384. The Balaban J connectivity index is 2.06. The fourth-order valence-corrected chi connectivity index (χ4v) is 4.09. The van der Waals surface area contributed by atoms with E-state index < -0.39 is 0 Å². The first-order valence-electron chi connectivity index (χ1n) is 5.96. The summed E-state index contributed by atoms with van der Waals surface area (Å²) >= 11 is 0. The van der Waals surface area contributed by atoms with Crippen LogP contribution in [0.15, 0.2) is 11.6 Å². The van der Waals surface area contributed by atoms with Gasteiger partial charge in [-0.25, -0.2) is 0 Å². The Morgan fingerprint density at radius 1 is 1.12 bits per heavy atom. The molecule has 0 aromatic carbocycles. The van der Waals surface area contributed by atoms with E-state index in [-0.39, 0.29) is 35.6 Å². The van der Waals surface area contributed by atoms with Gasteiger partial charge in [0.05, 0.1) is 11.8 Å². The van der Waals surface area contributed by atoms with Gasteiger partial charge in [-0.1, -0.05) is 25.5 Å². The van der Waals surface area contributed by atoms with Crippen LogP contribution < -0.4 is 0 Å². The van der Waals surface area contributed by atoms with E-state index in [1.165, 1.54) is 5.57 Å². The highest BCUT2D eigenvalue weighted by atomic mass is 16.6. The average molecular weight is 220 g/mol. The summed E-state index contributed by atoms with van der Waals surface area (Å²) in [5.74, 6) is 0.477. The molecule has 0 N–H and O–H groups in total. The topological polar surface area (TPSA) is 43.4 Å². The summed E-state index contributed by atoms with van der Waals surface area (Å²) in [5.41, 5.74) is 1.27. The molecule has 16 heavy (non-hydrogen) atoms. The fraction of sp³-hybridized carbons (Fsp3) is 0.692. The van der Waals surface area contributed by atoms with E-state index in [1.807, 2.05) is 0 Å². The predicted molar refractivity (Wildman–Crippen MR) is 57.1 cm³/mol. The third kappa shape index (κ3) is 0.989. The van der Waals surface area contributed by atoms with Crippen LogP contribution in [0.1, 0.15) is 20.8 Å². The van der Waals surface area contributed by atoms with Crippen LogP contribution in [-0.2, 0) is 14.3 Å². The van der Waals surface area contributed by atoms with Gasteiger partial charge in [0, 0.05) is 0 Å². The second kappa shape index (κ2) is 2.96. The molecule has 0 spiro atoms. The van der Waals surface area contributed by atoms with Crippen LogP contribution in [0.25, 0.3) is 0 Å². The van der Waals surface area contributed by atoms with Crippen LogP contribution in [0.3, 0.4) is 0 Å². The molecule has 0 aromatic heterocycles. The van der Waals surface area contributed by atoms with Crippen LogP contribution in [-0.4, -0.2) is 11.9 Å². The van der Waals surface area contributed by atoms with Gasteiger partial charge in [-0.3, -0.25) is 9.59 Å². The van der Waals surface area contributed by atoms with E-state index in [2.05, 4.69) is 26.8 Å². The number of rotatable bonds is 1. The number of carbonyl (C=O) groups is 2. The number of cyclic esters (lactones) is 2. The fourth-order valence-electron chi connectivity index (χ4n) is 4.09. The third-order valence-electron chi connectivity index (χ3n) is 4.54. The summed E-state index contributed by atoms with van der Waals surface area (Å²) in [4.78, 5) is 23.4. The molecule has 1 aliphatic heterocycles. The zero-order chi connectivity index (χ0) is 11.6. The molecule has 0 aromatic rings. The van der Waals surface area contributed by atoms with Gasteiger partial charge >= 0.3 is 11.9 Å². The Hall–Kier alpha value is -1.12. The molecule has 3 heteroatoms. The van der Waals surface area contributed by atoms with Gasteiger partial charge < -0.3 is 4.74 Å². The van der Waals surface area contributed by atoms with Crippen molar-refractivity contribution in [2.24, 2.45) is 35.5 Å². The van der Waals surface area contributed by atoms with E-state index in [0.717, 1.165) is 0 Å². The first-order valence-corrected chi connectivity index (χ1v) is 5.96. The molecule has 3 rings (SSSR count). The molecular weight excluding hydrogens is 204 g/mol. The lowest BCUT2D eigenvalue weighted by Crippen LogP contribution is -2.24. The maximum atomic E-state index is 11.7. The van der Waals surface area contributed by atoms with Crippen LogP contribution in [0, 0.1) is 35.5 Å². The molecule has 0 radical (unpaired) electrons. The molecule has 1 unspecified atom stereocenters. The molecule has 1 saturated carbocycles. The second-order valence-electron chi connectivity index (χ2n) is 5.63. The molecule has 2 aliphatic carbocycles. The van der Waals surface area contributed by atoms with Crippen LogP contribution in [0.4, 0.5) is 0 Å². The maximum Gasteiger partial charge on any atom is 0.318 e.